The van der Waals surface area contributed by atoms with Crippen LogP contribution in [-0.4, -0.2) is 30.4 Å². The number of benzene rings is 1. The van der Waals surface area contributed by atoms with Gasteiger partial charge < -0.3 is 10.2 Å². The molecule has 0 heterocycles. The van der Waals surface area contributed by atoms with E-state index in [9.17, 15) is 4.79 Å². The number of amides is 1. The number of nitrogens with one attached hydrogen (secondary N) is 1. The van der Waals surface area contributed by atoms with Crippen molar-refractivity contribution in [1.82, 2.24) is 4.90 Å². The Balaban J connectivity index is 2.11. The molecule has 0 unspecified atom stereocenters. The van der Waals surface area contributed by atoms with Gasteiger partial charge in [0.2, 0.25) is 0 Å². The number of hydrogen-bond acceptors (Lipinski definition) is 2. The Morgan fingerprint density at radius 2 is 2.05 bits per heavy atom. The monoisotopic (exact) mass is 260 g/mol. The van der Waals surface area contributed by atoms with Gasteiger partial charge in [0, 0.05) is 25.3 Å². The first kappa shape index (κ1) is 13.9. The molecule has 3 heteroatoms. The molecule has 2 rings (SSSR count). The SMILES string of the molecule is CCCNc1ccccc1C(=O)N(CC)CC1CC1. The van der Waals surface area contributed by atoms with E-state index >= 15 is 0 Å². The van der Waals surface area contributed by atoms with E-state index in [2.05, 4.69) is 19.2 Å². The summed E-state index contributed by atoms with van der Waals surface area (Å²) < 4.78 is 0. The van der Waals surface area contributed by atoms with Crippen LogP contribution in [0.15, 0.2) is 24.3 Å². The second-order valence-corrected chi connectivity index (χ2v) is 5.26. The van der Waals surface area contributed by atoms with Gasteiger partial charge in [0.05, 0.1) is 5.56 Å². The average molecular weight is 260 g/mol. The Kier molecular flexibility index (Phi) is 4.83. The van der Waals surface area contributed by atoms with Crippen molar-refractivity contribution in [1.29, 1.82) is 0 Å². The first-order valence-electron chi connectivity index (χ1n) is 7.38. The molecule has 104 valence electrons. The Morgan fingerprint density at radius 3 is 2.68 bits per heavy atom. The number of carbonyl (C=O) groups is 1. The first-order valence-corrected chi connectivity index (χ1v) is 7.38. The molecule has 0 bridgehead atoms. The van der Waals surface area contributed by atoms with Crippen molar-refractivity contribution >= 4 is 11.6 Å². The number of rotatable bonds is 7. The van der Waals surface area contributed by atoms with Crippen LogP contribution >= 0.6 is 0 Å². The van der Waals surface area contributed by atoms with Gasteiger partial charge in [-0.2, -0.15) is 0 Å². The third-order valence-electron chi connectivity index (χ3n) is 3.57. The van der Waals surface area contributed by atoms with E-state index in [-0.39, 0.29) is 5.91 Å². The lowest BCUT2D eigenvalue weighted by atomic mass is 10.1. The van der Waals surface area contributed by atoms with Gasteiger partial charge in [-0.05, 0) is 44.2 Å². The molecule has 1 saturated carbocycles. The molecule has 19 heavy (non-hydrogen) atoms. The highest BCUT2D eigenvalue weighted by molar-refractivity contribution is 5.99. The zero-order valence-electron chi connectivity index (χ0n) is 12.0. The van der Waals surface area contributed by atoms with E-state index in [1.165, 1.54) is 12.8 Å². The Bertz CT molecular complexity index is 427. The minimum absolute atomic E-state index is 0.161. The summed E-state index contributed by atoms with van der Waals surface area (Å²) in [5.41, 5.74) is 1.77. The number of hydrogen-bond donors (Lipinski definition) is 1. The summed E-state index contributed by atoms with van der Waals surface area (Å²) in [7, 11) is 0. The van der Waals surface area contributed by atoms with E-state index in [4.69, 9.17) is 0 Å². The Labute approximate surface area is 116 Å². The third-order valence-corrected chi connectivity index (χ3v) is 3.57. The number of anilines is 1. The highest BCUT2D eigenvalue weighted by Gasteiger charge is 2.27. The van der Waals surface area contributed by atoms with Crippen LogP contribution in [0.2, 0.25) is 0 Å². The Morgan fingerprint density at radius 1 is 1.32 bits per heavy atom. The van der Waals surface area contributed by atoms with Crippen LogP contribution in [0.4, 0.5) is 5.69 Å². The van der Waals surface area contributed by atoms with Crippen molar-refractivity contribution in [3.8, 4) is 0 Å². The third kappa shape index (κ3) is 3.72. The zero-order valence-corrected chi connectivity index (χ0v) is 12.0. The molecule has 1 aliphatic carbocycles. The summed E-state index contributed by atoms with van der Waals surface area (Å²) in [6, 6.07) is 7.84. The molecule has 1 fully saturated rings. The zero-order chi connectivity index (χ0) is 13.7. The molecule has 1 amide bonds. The van der Waals surface area contributed by atoms with Crippen molar-refractivity contribution in [2.75, 3.05) is 25.0 Å². The van der Waals surface area contributed by atoms with E-state index in [0.29, 0.717) is 0 Å². The van der Waals surface area contributed by atoms with Crippen molar-refractivity contribution in [3.05, 3.63) is 29.8 Å². The standard InChI is InChI=1S/C16H24N2O/c1-3-11-17-15-8-6-5-7-14(15)16(19)18(4-2)12-13-9-10-13/h5-8,13,17H,3-4,9-12H2,1-2H3. The largest absolute Gasteiger partial charge is 0.384 e. The van der Waals surface area contributed by atoms with Crippen molar-refractivity contribution in [2.45, 2.75) is 33.1 Å². The predicted molar refractivity (Wildman–Crippen MR) is 79.5 cm³/mol. The topological polar surface area (TPSA) is 32.3 Å². The molecular weight excluding hydrogens is 236 g/mol. The summed E-state index contributed by atoms with van der Waals surface area (Å²) in [5, 5.41) is 3.34. The number of nitrogens with zero attached hydrogens (tertiary/aromatic N) is 1. The summed E-state index contributed by atoms with van der Waals surface area (Å²) in [4.78, 5) is 14.6. The van der Waals surface area contributed by atoms with Crippen LogP contribution in [0.1, 0.15) is 43.5 Å². The van der Waals surface area contributed by atoms with Crippen LogP contribution in [0, 0.1) is 5.92 Å². The average Bonchev–Trinajstić information content (AvgIpc) is 3.26. The quantitative estimate of drug-likeness (QED) is 0.815. The smallest absolute Gasteiger partial charge is 0.255 e. The molecule has 1 aliphatic rings. The molecule has 0 spiro atoms. The second-order valence-electron chi connectivity index (χ2n) is 5.26. The molecule has 0 atom stereocenters. The molecular formula is C16H24N2O. The summed E-state index contributed by atoms with van der Waals surface area (Å²) in [6.07, 6.45) is 3.61. The lowest BCUT2D eigenvalue weighted by Crippen LogP contribution is -2.33. The lowest BCUT2D eigenvalue weighted by Gasteiger charge is -2.22. The maximum atomic E-state index is 12.6. The number of para-hydroxylation sites is 1. The van der Waals surface area contributed by atoms with E-state index in [1.54, 1.807) is 0 Å². The van der Waals surface area contributed by atoms with Gasteiger partial charge in [-0.15, -0.1) is 0 Å². The number of carbonyl (C=O) groups excluding carboxylic acids is 1. The van der Waals surface area contributed by atoms with Gasteiger partial charge in [0.1, 0.15) is 0 Å². The maximum absolute atomic E-state index is 12.6. The van der Waals surface area contributed by atoms with Gasteiger partial charge in [0.15, 0.2) is 0 Å². The van der Waals surface area contributed by atoms with E-state index in [1.807, 2.05) is 29.2 Å². The van der Waals surface area contributed by atoms with Crippen molar-refractivity contribution in [3.63, 3.8) is 0 Å². The van der Waals surface area contributed by atoms with Gasteiger partial charge in [-0.1, -0.05) is 19.1 Å². The van der Waals surface area contributed by atoms with Crippen LogP contribution < -0.4 is 5.32 Å². The van der Waals surface area contributed by atoms with Gasteiger partial charge in [-0.25, -0.2) is 0 Å². The van der Waals surface area contributed by atoms with Crippen molar-refractivity contribution < 1.29 is 4.79 Å². The fraction of sp³-hybridized carbons (Fsp3) is 0.562. The van der Waals surface area contributed by atoms with Crippen molar-refractivity contribution in [2.24, 2.45) is 5.92 Å². The molecule has 0 aromatic heterocycles. The molecule has 1 aromatic carbocycles. The molecule has 1 aromatic rings. The fourth-order valence-electron chi connectivity index (χ4n) is 2.22. The first-order chi connectivity index (χ1) is 9.26. The highest BCUT2D eigenvalue weighted by atomic mass is 16.2. The summed E-state index contributed by atoms with van der Waals surface area (Å²) in [6.45, 7) is 6.79. The van der Waals surface area contributed by atoms with Gasteiger partial charge in [0.25, 0.3) is 5.91 Å². The van der Waals surface area contributed by atoms with Crippen LogP contribution in [0.3, 0.4) is 0 Å². The maximum Gasteiger partial charge on any atom is 0.255 e. The minimum Gasteiger partial charge on any atom is -0.384 e. The van der Waals surface area contributed by atoms with Crippen LogP contribution in [0.25, 0.3) is 0 Å². The van der Waals surface area contributed by atoms with E-state index in [0.717, 1.165) is 43.2 Å². The fourth-order valence-corrected chi connectivity index (χ4v) is 2.22. The van der Waals surface area contributed by atoms with Crippen LogP contribution in [0.5, 0.6) is 0 Å². The second kappa shape index (κ2) is 6.60. The summed E-state index contributed by atoms with van der Waals surface area (Å²) >= 11 is 0. The molecule has 0 saturated heterocycles. The minimum atomic E-state index is 0.161. The molecule has 3 nitrogen and oxygen atoms in total. The van der Waals surface area contributed by atoms with Crippen LogP contribution in [-0.2, 0) is 0 Å². The Hall–Kier alpha value is -1.51. The molecule has 0 aliphatic heterocycles. The molecule has 0 radical (unpaired) electrons. The predicted octanol–water partition coefficient (Wildman–Crippen LogP) is 3.38. The lowest BCUT2D eigenvalue weighted by molar-refractivity contribution is 0.0758. The molecule has 1 N–H and O–H groups in total. The highest BCUT2D eigenvalue weighted by Crippen LogP contribution is 2.30. The van der Waals surface area contributed by atoms with E-state index < -0.39 is 0 Å². The van der Waals surface area contributed by atoms with Gasteiger partial charge in [-0.3, -0.25) is 4.79 Å². The van der Waals surface area contributed by atoms with Gasteiger partial charge >= 0.3 is 0 Å². The summed E-state index contributed by atoms with van der Waals surface area (Å²) in [5.74, 6) is 0.897. The normalized spacial score (nSPS) is 14.2.